The van der Waals surface area contributed by atoms with E-state index >= 15 is 0 Å². The Morgan fingerprint density at radius 2 is 1.67 bits per heavy atom. The quantitative estimate of drug-likeness (QED) is 0.413. The predicted octanol–water partition coefficient (Wildman–Crippen LogP) is 6.39. The maximum atomic E-state index is 5.86. The Morgan fingerprint density at radius 1 is 0.926 bits per heavy atom. The molecule has 0 radical (unpaired) electrons. The number of hydrogen-bond acceptors (Lipinski definition) is 4. The SMILES string of the molecule is CCN1c2ccccc2N(c2c(OC)ccc3sc4ccccc4c23)[C@H]1C. The molecule has 27 heavy (non-hydrogen) atoms. The summed E-state index contributed by atoms with van der Waals surface area (Å²) in [6, 6.07) is 21.6. The molecule has 136 valence electrons. The number of nitrogens with zero attached hydrogens (tertiary/aromatic N) is 2. The highest BCUT2D eigenvalue weighted by atomic mass is 32.1. The lowest BCUT2D eigenvalue weighted by Crippen LogP contribution is -2.38. The van der Waals surface area contributed by atoms with E-state index in [4.69, 9.17) is 4.74 Å². The largest absolute Gasteiger partial charge is 0.495 e. The van der Waals surface area contributed by atoms with Crippen LogP contribution in [0, 0.1) is 0 Å². The van der Waals surface area contributed by atoms with Gasteiger partial charge >= 0.3 is 0 Å². The number of benzene rings is 3. The molecule has 1 aliphatic rings. The fraction of sp³-hybridized carbons (Fsp3) is 0.217. The topological polar surface area (TPSA) is 15.7 Å². The Bertz CT molecular complexity index is 1150. The third-order valence-electron chi connectivity index (χ3n) is 5.56. The van der Waals surface area contributed by atoms with Gasteiger partial charge in [-0.05, 0) is 44.2 Å². The van der Waals surface area contributed by atoms with Crippen LogP contribution in [-0.2, 0) is 0 Å². The van der Waals surface area contributed by atoms with Crippen LogP contribution in [0.5, 0.6) is 5.75 Å². The maximum absolute atomic E-state index is 5.86. The molecule has 0 bridgehead atoms. The first-order valence-electron chi connectivity index (χ1n) is 9.37. The molecule has 3 aromatic carbocycles. The maximum Gasteiger partial charge on any atom is 0.143 e. The molecule has 0 saturated heterocycles. The van der Waals surface area contributed by atoms with E-state index in [2.05, 4.69) is 84.3 Å². The van der Waals surface area contributed by atoms with Crippen LogP contribution in [0.25, 0.3) is 20.2 Å². The average Bonchev–Trinajstić information content (AvgIpc) is 3.21. The summed E-state index contributed by atoms with van der Waals surface area (Å²) in [5.41, 5.74) is 3.70. The van der Waals surface area contributed by atoms with Gasteiger partial charge in [-0.3, -0.25) is 0 Å². The van der Waals surface area contributed by atoms with Gasteiger partial charge in [0.25, 0.3) is 0 Å². The zero-order valence-corrected chi connectivity index (χ0v) is 16.6. The van der Waals surface area contributed by atoms with Gasteiger partial charge in [0.05, 0.1) is 24.2 Å². The standard InChI is InChI=1S/C23H22N2OS/c1-4-24-15(2)25(18-11-7-6-10-17(18)24)23-19(26-3)13-14-21-22(23)16-9-5-8-12-20(16)27-21/h5-15H,4H2,1-3H3/t15-/m0/s1. The molecule has 1 aliphatic heterocycles. The van der Waals surface area contributed by atoms with Gasteiger partial charge in [-0.2, -0.15) is 0 Å². The monoisotopic (exact) mass is 374 g/mol. The van der Waals surface area contributed by atoms with Crippen molar-refractivity contribution >= 4 is 48.6 Å². The number of fused-ring (bicyclic) bond motifs is 4. The van der Waals surface area contributed by atoms with Crippen molar-refractivity contribution in [1.82, 2.24) is 0 Å². The van der Waals surface area contributed by atoms with Crippen molar-refractivity contribution in [2.24, 2.45) is 0 Å². The molecule has 3 nitrogen and oxygen atoms in total. The zero-order valence-electron chi connectivity index (χ0n) is 15.8. The normalized spacial score (nSPS) is 16.3. The predicted molar refractivity (Wildman–Crippen MR) is 117 cm³/mol. The van der Waals surface area contributed by atoms with E-state index in [0.29, 0.717) is 0 Å². The van der Waals surface area contributed by atoms with Gasteiger partial charge in [0.2, 0.25) is 0 Å². The average molecular weight is 375 g/mol. The van der Waals surface area contributed by atoms with Gasteiger partial charge in [0, 0.05) is 26.7 Å². The molecule has 0 N–H and O–H groups in total. The number of hydrogen-bond donors (Lipinski definition) is 0. The van der Waals surface area contributed by atoms with Crippen molar-refractivity contribution in [2.75, 3.05) is 23.5 Å². The van der Waals surface area contributed by atoms with Gasteiger partial charge in [-0.1, -0.05) is 30.3 Å². The van der Waals surface area contributed by atoms with Gasteiger partial charge in [-0.25, -0.2) is 0 Å². The van der Waals surface area contributed by atoms with E-state index in [-0.39, 0.29) is 6.17 Å². The third kappa shape index (κ3) is 2.26. The van der Waals surface area contributed by atoms with Gasteiger partial charge in [0.1, 0.15) is 11.9 Å². The fourth-order valence-corrected chi connectivity index (χ4v) is 5.49. The van der Waals surface area contributed by atoms with Crippen LogP contribution in [0.2, 0.25) is 0 Å². The number of thiophene rings is 1. The minimum atomic E-state index is 0.227. The van der Waals surface area contributed by atoms with Crippen LogP contribution >= 0.6 is 11.3 Å². The summed E-state index contributed by atoms with van der Waals surface area (Å²) in [7, 11) is 1.77. The smallest absolute Gasteiger partial charge is 0.143 e. The van der Waals surface area contributed by atoms with Crippen LogP contribution in [-0.4, -0.2) is 19.8 Å². The minimum Gasteiger partial charge on any atom is -0.495 e. The molecule has 5 rings (SSSR count). The van der Waals surface area contributed by atoms with Crippen molar-refractivity contribution < 1.29 is 4.74 Å². The lowest BCUT2D eigenvalue weighted by molar-refractivity contribution is 0.415. The fourth-order valence-electron chi connectivity index (χ4n) is 4.38. The van der Waals surface area contributed by atoms with Gasteiger partial charge in [-0.15, -0.1) is 11.3 Å². The summed E-state index contributed by atoms with van der Waals surface area (Å²) in [6.07, 6.45) is 0.227. The second kappa shape index (κ2) is 6.17. The van der Waals surface area contributed by atoms with Crippen molar-refractivity contribution in [3.63, 3.8) is 0 Å². The van der Waals surface area contributed by atoms with Crippen LogP contribution in [0.3, 0.4) is 0 Å². The molecule has 4 heteroatoms. The molecular weight excluding hydrogens is 352 g/mol. The second-order valence-electron chi connectivity index (χ2n) is 6.86. The Hall–Kier alpha value is -2.72. The molecule has 4 aromatic rings. The van der Waals surface area contributed by atoms with Crippen molar-refractivity contribution in [1.29, 1.82) is 0 Å². The van der Waals surface area contributed by atoms with E-state index in [1.54, 1.807) is 7.11 Å². The van der Waals surface area contributed by atoms with E-state index < -0.39 is 0 Å². The zero-order chi connectivity index (χ0) is 18.5. The molecule has 2 heterocycles. The molecule has 0 spiro atoms. The molecule has 1 aromatic heterocycles. The van der Waals surface area contributed by atoms with Crippen molar-refractivity contribution in [3.8, 4) is 5.75 Å². The summed E-state index contributed by atoms with van der Waals surface area (Å²) in [6.45, 7) is 5.46. The first kappa shape index (κ1) is 16.5. The number of rotatable bonds is 3. The molecular formula is C23H22N2OS. The Kier molecular flexibility index (Phi) is 3.76. The van der Waals surface area contributed by atoms with E-state index in [9.17, 15) is 0 Å². The summed E-state index contributed by atoms with van der Waals surface area (Å²) in [5.74, 6) is 0.922. The van der Waals surface area contributed by atoms with Crippen molar-refractivity contribution in [3.05, 3.63) is 60.7 Å². The Balaban J connectivity index is 1.87. The van der Waals surface area contributed by atoms with Crippen LogP contribution in [0.4, 0.5) is 17.1 Å². The van der Waals surface area contributed by atoms with Gasteiger partial charge < -0.3 is 14.5 Å². The third-order valence-corrected chi connectivity index (χ3v) is 6.69. The highest BCUT2D eigenvalue weighted by Crippen LogP contribution is 2.51. The number of ether oxygens (including phenoxy) is 1. The van der Waals surface area contributed by atoms with E-state index in [0.717, 1.165) is 12.3 Å². The molecule has 0 saturated carbocycles. The first-order chi connectivity index (χ1) is 13.2. The summed E-state index contributed by atoms with van der Waals surface area (Å²) in [5, 5.41) is 2.58. The highest BCUT2D eigenvalue weighted by Gasteiger charge is 2.35. The molecule has 1 atom stereocenters. The van der Waals surface area contributed by atoms with E-state index in [1.807, 2.05) is 11.3 Å². The molecule has 0 aliphatic carbocycles. The van der Waals surface area contributed by atoms with Crippen molar-refractivity contribution in [2.45, 2.75) is 20.0 Å². The lowest BCUT2D eigenvalue weighted by atomic mass is 10.1. The van der Waals surface area contributed by atoms with Gasteiger partial charge in [0.15, 0.2) is 0 Å². The molecule has 0 fully saturated rings. The van der Waals surface area contributed by atoms with Crippen LogP contribution in [0.1, 0.15) is 13.8 Å². The Labute approximate surface area is 163 Å². The lowest BCUT2D eigenvalue weighted by Gasteiger charge is -2.31. The van der Waals surface area contributed by atoms with Crippen LogP contribution in [0.15, 0.2) is 60.7 Å². The highest BCUT2D eigenvalue weighted by molar-refractivity contribution is 7.26. The van der Waals surface area contributed by atoms with E-state index in [1.165, 1.54) is 37.2 Å². The first-order valence-corrected chi connectivity index (χ1v) is 10.2. The molecule has 0 unspecified atom stereocenters. The summed E-state index contributed by atoms with van der Waals surface area (Å²) in [4.78, 5) is 4.89. The number of methoxy groups -OCH3 is 1. The summed E-state index contributed by atoms with van der Waals surface area (Å²) < 4.78 is 8.47. The number of anilines is 3. The van der Waals surface area contributed by atoms with Crippen LogP contribution < -0.4 is 14.5 Å². The Morgan fingerprint density at radius 3 is 2.44 bits per heavy atom. The molecule has 0 amide bonds. The minimum absolute atomic E-state index is 0.227. The summed E-state index contributed by atoms with van der Waals surface area (Å²) >= 11 is 1.85. The second-order valence-corrected chi connectivity index (χ2v) is 7.95. The number of para-hydroxylation sites is 2.